The van der Waals surface area contributed by atoms with Gasteiger partial charge in [-0.25, -0.2) is 4.39 Å². The molecule has 2 N–H and O–H groups in total. The van der Waals surface area contributed by atoms with Crippen molar-refractivity contribution in [1.29, 1.82) is 0 Å². The van der Waals surface area contributed by atoms with Crippen molar-refractivity contribution in [3.8, 4) is 0 Å². The minimum atomic E-state index is -0.435. The average molecular weight is 181 g/mol. The first-order valence-corrected chi connectivity index (χ1v) is 4.40. The van der Waals surface area contributed by atoms with Crippen LogP contribution in [0.15, 0.2) is 18.2 Å². The summed E-state index contributed by atoms with van der Waals surface area (Å²) in [6.45, 7) is 2.42. The number of nitrogens with one attached hydrogen (secondary N) is 1. The predicted molar refractivity (Wildman–Crippen MR) is 49.3 cm³/mol. The molecule has 0 saturated heterocycles. The number of aliphatic hydroxyl groups excluding tert-OH is 1. The molecule has 1 heterocycles. The van der Waals surface area contributed by atoms with Gasteiger partial charge in [0.25, 0.3) is 0 Å². The highest BCUT2D eigenvalue weighted by molar-refractivity contribution is 5.58. The van der Waals surface area contributed by atoms with Crippen LogP contribution in [-0.4, -0.2) is 17.8 Å². The van der Waals surface area contributed by atoms with Gasteiger partial charge in [-0.2, -0.15) is 0 Å². The molecule has 0 aliphatic carbocycles. The summed E-state index contributed by atoms with van der Waals surface area (Å²) in [5.74, 6) is -0.223. The quantitative estimate of drug-likeness (QED) is 0.691. The van der Waals surface area contributed by atoms with Gasteiger partial charge in [0.1, 0.15) is 5.82 Å². The molecule has 0 radical (unpaired) electrons. The molecule has 2 nitrogen and oxygen atoms in total. The minimum Gasteiger partial charge on any atom is -0.393 e. The fourth-order valence-electron chi connectivity index (χ4n) is 1.76. The Morgan fingerprint density at radius 1 is 1.62 bits per heavy atom. The maximum absolute atomic E-state index is 12.9. The highest BCUT2D eigenvalue weighted by Gasteiger charge is 2.26. The Kier molecular flexibility index (Phi) is 1.96. The largest absolute Gasteiger partial charge is 0.393 e. The van der Waals surface area contributed by atoms with Crippen LogP contribution in [0, 0.1) is 5.82 Å². The second-order valence-corrected chi connectivity index (χ2v) is 3.46. The lowest BCUT2D eigenvalue weighted by molar-refractivity contribution is 0.169. The topological polar surface area (TPSA) is 32.3 Å². The summed E-state index contributed by atoms with van der Waals surface area (Å²) in [5.41, 5.74) is 1.82. The first-order valence-electron chi connectivity index (χ1n) is 4.40. The maximum Gasteiger partial charge on any atom is 0.123 e. The average Bonchev–Trinajstić information content (AvgIpc) is 2.46. The van der Waals surface area contributed by atoms with Gasteiger partial charge in [0.15, 0.2) is 0 Å². The third-order valence-electron chi connectivity index (χ3n) is 2.51. The van der Waals surface area contributed by atoms with Gasteiger partial charge in [-0.15, -0.1) is 0 Å². The number of anilines is 1. The number of aliphatic hydroxyl groups is 1. The number of rotatable bonds is 1. The van der Waals surface area contributed by atoms with E-state index in [1.807, 2.05) is 0 Å². The Balaban J connectivity index is 2.40. The van der Waals surface area contributed by atoms with Crippen LogP contribution in [0.4, 0.5) is 10.1 Å². The van der Waals surface area contributed by atoms with Gasteiger partial charge in [-0.05, 0) is 30.7 Å². The van der Waals surface area contributed by atoms with E-state index in [9.17, 15) is 9.50 Å². The van der Waals surface area contributed by atoms with E-state index >= 15 is 0 Å². The van der Waals surface area contributed by atoms with Gasteiger partial charge in [-0.1, -0.05) is 0 Å². The van der Waals surface area contributed by atoms with Crippen LogP contribution in [-0.2, 0) is 0 Å². The molecule has 0 aromatic heterocycles. The first kappa shape index (κ1) is 8.51. The monoisotopic (exact) mass is 181 g/mol. The molecule has 13 heavy (non-hydrogen) atoms. The van der Waals surface area contributed by atoms with Crippen LogP contribution in [0.1, 0.15) is 18.4 Å². The van der Waals surface area contributed by atoms with Gasteiger partial charge in [0, 0.05) is 18.2 Å². The highest BCUT2D eigenvalue weighted by Crippen LogP contribution is 2.33. The Bertz CT molecular complexity index is 325. The van der Waals surface area contributed by atoms with Gasteiger partial charge >= 0.3 is 0 Å². The lowest BCUT2D eigenvalue weighted by Crippen LogP contribution is -2.16. The van der Waals surface area contributed by atoms with E-state index in [1.54, 1.807) is 13.0 Å². The minimum absolute atomic E-state index is 0.0192. The molecular weight excluding hydrogens is 169 g/mol. The Morgan fingerprint density at radius 2 is 2.38 bits per heavy atom. The Hall–Kier alpha value is -1.09. The third-order valence-corrected chi connectivity index (χ3v) is 2.51. The molecule has 2 atom stereocenters. The maximum atomic E-state index is 12.9. The molecule has 0 bridgehead atoms. The van der Waals surface area contributed by atoms with E-state index in [0.717, 1.165) is 11.3 Å². The summed E-state index contributed by atoms with van der Waals surface area (Å²) in [4.78, 5) is 0. The molecule has 2 unspecified atom stereocenters. The first-order chi connectivity index (χ1) is 6.18. The van der Waals surface area contributed by atoms with Crippen LogP contribution in [0.2, 0.25) is 0 Å². The number of hydrogen-bond donors (Lipinski definition) is 2. The molecule has 1 aromatic carbocycles. The SMILES string of the molecule is CC(O)C1CNc2ccc(F)cc21. The van der Waals surface area contributed by atoms with Crippen LogP contribution in [0.3, 0.4) is 0 Å². The highest BCUT2D eigenvalue weighted by atomic mass is 19.1. The molecule has 1 aromatic rings. The van der Waals surface area contributed by atoms with Crippen molar-refractivity contribution in [2.24, 2.45) is 0 Å². The molecule has 1 aliphatic heterocycles. The smallest absolute Gasteiger partial charge is 0.123 e. The second-order valence-electron chi connectivity index (χ2n) is 3.46. The summed E-state index contributed by atoms with van der Waals surface area (Å²) in [6.07, 6.45) is -0.435. The molecule has 0 amide bonds. The summed E-state index contributed by atoms with van der Waals surface area (Å²) in [7, 11) is 0. The fourth-order valence-corrected chi connectivity index (χ4v) is 1.76. The van der Waals surface area contributed by atoms with Gasteiger partial charge in [0.05, 0.1) is 6.10 Å². The summed E-state index contributed by atoms with van der Waals surface area (Å²) in [6, 6.07) is 4.63. The van der Waals surface area contributed by atoms with E-state index in [4.69, 9.17) is 0 Å². The lowest BCUT2D eigenvalue weighted by atomic mass is 9.96. The zero-order valence-corrected chi connectivity index (χ0v) is 7.42. The Labute approximate surface area is 76.4 Å². The van der Waals surface area contributed by atoms with Crippen molar-refractivity contribution >= 4 is 5.69 Å². The van der Waals surface area contributed by atoms with Crippen molar-refractivity contribution in [3.05, 3.63) is 29.6 Å². The number of fused-ring (bicyclic) bond motifs is 1. The van der Waals surface area contributed by atoms with Crippen molar-refractivity contribution in [3.63, 3.8) is 0 Å². The van der Waals surface area contributed by atoms with Crippen molar-refractivity contribution < 1.29 is 9.50 Å². The second kappa shape index (κ2) is 3.00. The molecule has 70 valence electrons. The normalized spacial score (nSPS) is 22.2. The van der Waals surface area contributed by atoms with E-state index in [0.29, 0.717) is 6.54 Å². The van der Waals surface area contributed by atoms with Crippen LogP contribution in [0.5, 0.6) is 0 Å². The summed E-state index contributed by atoms with van der Waals surface area (Å²) in [5, 5.41) is 12.6. The van der Waals surface area contributed by atoms with Crippen LogP contribution < -0.4 is 5.32 Å². The van der Waals surface area contributed by atoms with Crippen molar-refractivity contribution in [2.45, 2.75) is 18.9 Å². The fraction of sp³-hybridized carbons (Fsp3) is 0.400. The summed E-state index contributed by atoms with van der Waals surface area (Å²) >= 11 is 0. The molecule has 0 fully saturated rings. The van der Waals surface area contributed by atoms with Crippen molar-refractivity contribution in [1.82, 2.24) is 0 Å². The van der Waals surface area contributed by atoms with E-state index < -0.39 is 6.10 Å². The predicted octanol–water partition coefficient (Wildman–Crippen LogP) is 1.72. The molecular formula is C10H12FNO. The standard InChI is InChI=1S/C10H12FNO/c1-6(13)9-5-12-10-3-2-7(11)4-8(9)10/h2-4,6,9,12-13H,5H2,1H3. The van der Waals surface area contributed by atoms with E-state index in [1.165, 1.54) is 12.1 Å². The van der Waals surface area contributed by atoms with E-state index in [2.05, 4.69) is 5.32 Å². The zero-order valence-electron chi connectivity index (χ0n) is 7.42. The molecule has 2 rings (SSSR count). The van der Waals surface area contributed by atoms with Gasteiger partial charge < -0.3 is 10.4 Å². The van der Waals surface area contributed by atoms with E-state index in [-0.39, 0.29) is 11.7 Å². The number of halogens is 1. The van der Waals surface area contributed by atoms with Crippen molar-refractivity contribution in [2.75, 3.05) is 11.9 Å². The number of hydrogen-bond acceptors (Lipinski definition) is 2. The third kappa shape index (κ3) is 1.40. The van der Waals surface area contributed by atoms with Crippen LogP contribution in [0.25, 0.3) is 0 Å². The lowest BCUT2D eigenvalue weighted by Gasteiger charge is -2.12. The van der Waals surface area contributed by atoms with Crippen LogP contribution >= 0.6 is 0 Å². The van der Waals surface area contributed by atoms with Gasteiger partial charge in [0.2, 0.25) is 0 Å². The summed E-state index contributed by atoms with van der Waals surface area (Å²) < 4.78 is 12.9. The zero-order chi connectivity index (χ0) is 9.42. The molecule has 3 heteroatoms. The Morgan fingerprint density at radius 3 is 3.08 bits per heavy atom. The molecule has 0 spiro atoms. The molecule has 1 aliphatic rings. The number of benzene rings is 1. The van der Waals surface area contributed by atoms with Gasteiger partial charge in [-0.3, -0.25) is 0 Å². The molecule has 0 saturated carbocycles.